The first kappa shape index (κ1) is 17.3. The minimum Gasteiger partial charge on any atom is -0.452 e. The molecule has 2 rings (SSSR count). The highest BCUT2D eigenvalue weighted by Crippen LogP contribution is 2.24. The molecule has 0 aromatic heterocycles. The third-order valence-electron chi connectivity index (χ3n) is 3.24. The summed E-state index contributed by atoms with van der Waals surface area (Å²) >= 11 is 11.8. The van der Waals surface area contributed by atoms with Crippen molar-refractivity contribution < 1.29 is 14.3 Å². The summed E-state index contributed by atoms with van der Waals surface area (Å²) in [5.74, 6) is -1.13. The summed E-state index contributed by atoms with van der Waals surface area (Å²) in [5.41, 5.74) is 2.14. The number of nitrogens with one attached hydrogen (secondary N) is 1. The van der Waals surface area contributed by atoms with Crippen molar-refractivity contribution in [2.45, 2.75) is 13.5 Å². The third kappa shape index (κ3) is 4.71. The predicted molar refractivity (Wildman–Crippen MR) is 89.8 cm³/mol. The minimum atomic E-state index is -0.730. The second-order valence-corrected chi connectivity index (χ2v) is 5.69. The van der Waals surface area contributed by atoms with Crippen LogP contribution in [0.1, 0.15) is 21.5 Å². The number of amides is 1. The van der Waals surface area contributed by atoms with Gasteiger partial charge in [-0.2, -0.15) is 0 Å². The number of aryl methyl sites for hydroxylation is 1. The van der Waals surface area contributed by atoms with E-state index in [-0.39, 0.29) is 15.6 Å². The van der Waals surface area contributed by atoms with Crippen molar-refractivity contribution in [2.75, 3.05) is 6.61 Å². The molecule has 120 valence electrons. The molecule has 0 bridgehead atoms. The monoisotopic (exact) mass is 351 g/mol. The van der Waals surface area contributed by atoms with Crippen LogP contribution in [0.3, 0.4) is 0 Å². The maximum absolute atomic E-state index is 11.9. The molecule has 0 saturated heterocycles. The Morgan fingerprint density at radius 3 is 2.35 bits per heavy atom. The van der Waals surface area contributed by atoms with Crippen LogP contribution in [0.4, 0.5) is 0 Å². The molecule has 0 atom stereocenters. The van der Waals surface area contributed by atoms with Crippen LogP contribution < -0.4 is 5.32 Å². The fraction of sp³-hybridized carbons (Fsp3) is 0.176. The zero-order valence-electron chi connectivity index (χ0n) is 12.4. The van der Waals surface area contributed by atoms with E-state index in [0.717, 1.165) is 11.1 Å². The molecule has 0 heterocycles. The summed E-state index contributed by atoms with van der Waals surface area (Å²) in [6.07, 6.45) is 0. The van der Waals surface area contributed by atoms with Gasteiger partial charge in [-0.3, -0.25) is 4.79 Å². The number of benzene rings is 2. The average molecular weight is 352 g/mol. The van der Waals surface area contributed by atoms with Crippen molar-refractivity contribution in [3.8, 4) is 0 Å². The zero-order valence-corrected chi connectivity index (χ0v) is 13.9. The molecule has 1 N–H and O–H groups in total. The number of hydrogen-bond donors (Lipinski definition) is 1. The summed E-state index contributed by atoms with van der Waals surface area (Å²) in [4.78, 5) is 23.7. The number of halogens is 2. The highest BCUT2D eigenvalue weighted by Gasteiger charge is 2.17. The molecule has 2 aromatic carbocycles. The summed E-state index contributed by atoms with van der Waals surface area (Å²) in [7, 11) is 0. The molecule has 0 fully saturated rings. The van der Waals surface area contributed by atoms with Crippen molar-refractivity contribution in [2.24, 2.45) is 0 Å². The van der Waals surface area contributed by atoms with E-state index in [2.05, 4.69) is 5.32 Å². The fourth-order valence-electron chi connectivity index (χ4n) is 1.95. The van der Waals surface area contributed by atoms with E-state index in [4.69, 9.17) is 27.9 Å². The Morgan fingerprint density at radius 1 is 1.04 bits per heavy atom. The minimum absolute atomic E-state index is 0.0579. The zero-order chi connectivity index (χ0) is 16.8. The number of ether oxygens (including phenoxy) is 1. The van der Waals surface area contributed by atoms with E-state index >= 15 is 0 Å². The van der Waals surface area contributed by atoms with Gasteiger partial charge in [-0.15, -0.1) is 0 Å². The maximum atomic E-state index is 11.9. The van der Waals surface area contributed by atoms with Crippen molar-refractivity contribution in [3.05, 3.63) is 69.2 Å². The van der Waals surface area contributed by atoms with Gasteiger partial charge < -0.3 is 10.1 Å². The van der Waals surface area contributed by atoms with Crippen molar-refractivity contribution in [3.63, 3.8) is 0 Å². The summed E-state index contributed by atoms with van der Waals surface area (Å²) < 4.78 is 4.95. The molecule has 6 heteroatoms. The SMILES string of the molecule is Cc1ccccc1CNC(=O)COC(=O)c1c(Cl)cccc1Cl. The predicted octanol–water partition coefficient (Wildman–Crippen LogP) is 3.78. The Balaban J connectivity index is 1.87. The van der Waals surface area contributed by atoms with Crippen LogP contribution in [-0.2, 0) is 16.1 Å². The van der Waals surface area contributed by atoms with Gasteiger partial charge in [-0.25, -0.2) is 4.79 Å². The maximum Gasteiger partial charge on any atom is 0.341 e. The van der Waals surface area contributed by atoms with Crippen LogP contribution in [0.25, 0.3) is 0 Å². The van der Waals surface area contributed by atoms with Crippen molar-refractivity contribution in [1.29, 1.82) is 0 Å². The quantitative estimate of drug-likeness (QED) is 0.834. The van der Waals surface area contributed by atoms with Crippen LogP contribution >= 0.6 is 23.2 Å². The Hall–Kier alpha value is -2.04. The number of rotatable bonds is 5. The Labute approximate surface area is 144 Å². The van der Waals surface area contributed by atoms with Gasteiger partial charge in [0.25, 0.3) is 5.91 Å². The van der Waals surface area contributed by atoms with E-state index in [0.29, 0.717) is 6.54 Å². The molecule has 1 amide bonds. The third-order valence-corrected chi connectivity index (χ3v) is 3.87. The summed E-state index contributed by atoms with van der Waals surface area (Å²) in [6.45, 7) is 1.93. The van der Waals surface area contributed by atoms with Crippen LogP contribution in [0.5, 0.6) is 0 Å². The lowest BCUT2D eigenvalue weighted by Crippen LogP contribution is -2.28. The van der Waals surface area contributed by atoms with Gasteiger partial charge >= 0.3 is 5.97 Å². The fourth-order valence-corrected chi connectivity index (χ4v) is 2.50. The van der Waals surface area contributed by atoms with Crippen LogP contribution in [0.2, 0.25) is 10.0 Å². The molecule has 2 aromatic rings. The van der Waals surface area contributed by atoms with Gasteiger partial charge in [0.15, 0.2) is 6.61 Å². The topological polar surface area (TPSA) is 55.4 Å². The molecule has 0 unspecified atom stereocenters. The second-order valence-electron chi connectivity index (χ2n) is 4.88. The Kier molecular flexibility index (Phi) is 6.02. The first-order valence-electron chi connectivity index (χ1n) is 6.91. The largest absolute Gasteiger partial charge is 0.452 e. The van der Waals surface area contributed by atoms with Gasteiger partial charge in [-0.05, 0) is 30.2 Å². The average Bonchev–Trinajstić information content (AvgIpc) is 2.52. The van der Waals surface area contributed by atoms with Crippen LogP contribution in [-0.4, -0.2) is 18.5 Å². The van der Waals surface area contributed by atoms with E-state index in [1.165, 1.54) is 12.1 Å². The highest BCUT2D eigenvalue weighted by molar-refractivity contribution is 6.39. The standard InChI is InChI=1S/C17H15Cl2NO3/c1-11-5-2-3-6-12(11)9-20-15(21)10-23-17(22)16-13(18)7-4-8-14(16)19/h2-8H,9-10H2,1H3,(H,20,21). The van der Waals surface area contributed by atoms with Gasteiger partial charge in [0.2, 0.25) is 0 Å². The molecule has 0 radical (unpaired) electrons. The van der Waals surface area contributed by atoms with Gasteiger partial charge in [0.1, 0.15) is 0 Å². The van der Waals surface area contributed by atoms with Gasteiger partial charge in [0.05, 0.1) is 15.6 Å². The first-order valence-corrected chi connectivity index (χ1v) is 7.67. The van der Waals surface area contributed by atoms with E-state index in [1.807, 2.05) is 31.2 Å². The van der Waals surface area contributed by atoms with Crippen LogP contribution in [0, 0.1) is 6.92 Å². The molecule has 0 spiro atoms. The second kappa shape index (κ2) is 7.99. The van der Waals surface area contributed by atoms with Crippen LogP contribution in [0.15, 0.2) is 42.5 Å². The molecule has 23 heavy (non-hydrogen) atoms. The highest BCUT2D eigenvalue weighted by atomic mass is 35.5. The van der Waals surface area contributed by atoms with E-state index in [1.54, 1.807) is 6.07 Å². The molecule has 0 aliphatic heterocycles. The molecule has 0 saturated carbocycles. The van der Waals surface area contributed by atoms with Gasteiger partial charge in [0, 0.05) is 6.54 Å². The normalized spacial score (nSPS) is 10.2. The van der Waals surface area contributed by atoms with E-state index in [9.17, 15) is 9.59 Å². The Morgan fingerprint density at radius 2 is 1.70 bits per heavy atom. The lowest BCUT2D eigenvalue weighted by Gasteiger charge is -2.09. The number of carbonyl (C=O) groups excluding carboxylic acids is 2. The first-order chi connectivity index (χ1) is 11.0. The lowest BCUT2D eigenvalue weighted by atomic mass is 10.1. The Bertz CT molecular complexity index is 711. The molecule has 4 nitrogen and oxygen atoms in total. The summed E-state index contributed by atoms with van der Waals surface area (Å²) in [6, 6.07) is 12.4. The van der Waals surface area contributed by atoms with Gasteiger partial charge in [-0.1, -0.05) is 53.5 Å². The van der Waals surface area contributed by atoms with Crippen molar-refractivity contribution >= 4 is 35.1 Å². The molecule has 0 aliphatic carbocycles. The smallest absolute Gasteiger partial charge is 0.341 e. The molecule has 0 aliphatic rings. The number of hydrogen-bond acceptors (Lipinski definition) is 3. The van der Waals surface area contributed by atoms with Crippen molar-refractivity contribution in [1.82, 2.24) is 5.32 Å². The van der Waals surface area contributed by atoms with E-state index < -0.39 is 18.5 Å². The summed E-state index contributed by atoms with van der Waals surface area (Å²) in [5, 5.41) is 3.06. The molecular formula is C17H15Cl2NO3. The number of esters is 1. The lowest BCUT2D eigenvalue weighted by molar-refractivity contribution is -0.124. The molecular weight excluding hydrogens is 337 g/mol. The number of carbonyl (C=O) groups is 2.